The van der Waals surface area contributed by atoms with Crippen LogP contribution in [0.2, 0.25) is 0 Å². The van der Waals surface area contributed by atoms with E-state index < -0.39 is 11.9 Å². The van der Waals surface area contributed by atoms with Gasteiger partial charge in [-0.25, -0.2) is 4.79 Å². The van der Waals surface area contributed by atoms with Gasteiger partial charge in [0, 0.05) is 0 Å². The number of para-hydroxylation sites is 1. The van der Waals surface area contributed by atoms with E-state index in [0.29, 0.717) is 0 Å². The highest BCUT2D eigenvalue weighted by atomic mass is 16.5. The van der Waals surface area contributed by atoms with Crippen LogP contribution < -0.4 is 4.74 Å². The highest BCUT2D eigenvalue weighted by molar-refractivity contribution is 5.93. The Morgan fingerprint density at radius 3 is 2.33 bits per heavy atom. The minimum absolute atomic E-state index is 0.149. The topological polar surface area (TPSA) is 52.6 Å². The average molecular weight is 284 g/mol. The van der Waals surface area contributed by atoms with Crippen molar-refractivity contribution in [3.05, 3.63) is 65.2 Å². The van der Waals surface area contributed by atoms with Crippen molar-refractivity contribution >= 4 is 11.9 Å². The number of methoxy groups -OCH3 is 1. The molecule has 0 bridgehead atoms. The van der Waals surface area contributed by atoms with E-state index in [2.05, 4.69) is 4.74 Å². The summed E-state index contributed by atoms with van der Waals surface area (Å²) in [5.41, 5.74) is 2.22. The smallest absolute Gasteiger partial charge is 0.341 e. The van der Waals surface area contributed by atoms with Crippen LogP contribution in [0.15, 0.2) is 48.5 Å². The lowest BCUT2D eigenvalue weighted by atomic mass is 10.1. The van der Waals surface area contributed by atoms with Crippen LogP contribution in [0.3, 0.4) is 0 Å². The molecule has 0 spiro atoms. The van der Waals surface area contributed by atoms with Crippen LogP contribution in [0.5, 0.6) is 5.75 Å². The number of esters is 2. The van der Waals surface area contributed by atoms with Crippen LogP contribution >= 0.6 is 0 Å². The Balaban J connectivity index is 2.09. The number of rotatable bonds is 4. The van der Waals surface area contributed by atoms with E-state index in [1.807, 2.05) is 31.2 Å². The fourth-order valence-corrected chi connectivity index (χ4v) is 1.87. The number of benzene rings is 2. The van der Waals surface area contributed by atoms with Crippen LogP contribution in [0.1, 0.15) is 21.5 Å². The Bertz CT molecular complexity index is 644. The molecule has 0 N–H and O–H groups in total. The molecule has 4 heteroatoms. The van der Waals surface area contributed by atoms with Gasteiger partial charge >= 0.3 is 11.9 Å². The van der Waals surface area contributed by atoms with E-state index in [0.717, 1.165) is 11.1 Å². The molecule has 2 rings (SSSR count). The zero-order valence-electron chi connectivity index (χ0n) is 12.0. The summed E-state index contributed by atoms with van der Waals surface area (Å²) in [4.78, 5) is 23.6. The van der Waals surface area contributed by atoms with Gasteiger partial charge in [-0.1, -0.05) is 42.0 Å². The van der Waals surface area contributed by atoms with Crippen molar-refractivity contribution in [2.75, 3.05) is 7.11 Å². The predicted octanol–water partition coefficient (Wildman–Crippen LogP) is 2.93. The van der Waals surface area contributed by atoms with Gasteiger partial charge in [0.05, 0.1) is 13.5 Å². The Morgan fingerprint density at radius 1 is 1.00 bits per heavy atom. The molecule has 0 radical (unpaired) electrons. The third kappa shape index (κ3) is 3.92. The van der Waals surface area contributed by atoms with Crippen molar-refractivity contribution in [1.82, 2.24) is 0 Å². The van der Waals surface area contributed by atoms with Crippen molar-refractivity contribution in [2.24, 2.45) is 0 Å². The van der Waals surface area contributed by atoms with E-state index in [4.69, 9.17) is 4.74 Å². The Kier molecular flexibility index (Phi) is 4.72. The highest BCUT2D eigenvalue weighted by Crippen LogP contribution is 2.19. The summed E-state index contributed by atoms with van der Waals surface area (Å²) in [6.07, 6.45) is 0.149. The first-order valence-electron chi connectivity index (χ1n) is 6.53. The lowest BCUT2D eigenvalue weighted by Crippen LogP contribution is -2.14. The molecule has 0 unspecified atom stereocenters. The first-order chi connectivity index (χ1) is 10.1. The number of hydrogen-bond acceptors (Lipinski definition) is 4. The molecule has 108 valence electrons. The predicted molar refractivity (Wildman–Crippen MR) is 78.3 cm³/mol. The Labute approximate surface area is 123 Å². The molecule has 0 fully saturated rings. The molecule has 0 aromatic heterocycles. The molecular formula is C17H16O4. The summed E-state index contributed by atoms with van der Waals surface area (Å²) in [5, 5.41) is 0. The number of ether oxygens (including phenoxy) is 2. The summed E-state index contributed by atoms with van der Waals surface area (Å²) in [5.74, 6) is -0.745. The Hall–Kier alpha value is -2.62. The van der Waals surface area contributed by atoms with Gasteiger partial charge in [-0.3, -0.25) is 4.79 Å². The maximum atomic E-state index is 12.0. The third-order valence-electron chi connectivity index (χ3n) is 2.99. The fourth-order valence-electron chi connectivity index (χ4n) is 1.87. The van der Waals surface area contributed by atoms with Crippen molar-refractivity contribution in [3.63, 3.8) is 0 Å². The first kappa shape index (κ1) is 14.8. The van der Waals surface area contributed by atoms with Gasteiger partial charge in [-0.15, -0.1) is 0 Å². The highest BCUT2D eigenvalue weighted by Gasteiger charge is 2.15. The van der Waals surface area contributed by atoms with Crippen molar-refractivity contribution in [1.29, 1.82) is 0 Å². The van der Waals surface area contributed by atoms with Gasteiger partial charge in [0.15, 0.2) is 0 Å². The molecule has 0 amide bonds. The summed E-state index contributed by atoms with van der Waals surface area (Å²) in [6.45, 7) is 1.98. The molecule has 21 heavy (non-hydrogen) atoms. The number of aryl methyl sites for hydroxylation is 1. The molecule has 2 aromatic rings. The summed E-state index contributed by atoms with van der Waals surface area (Å²) in [6, 6.07) is 14.1. The van der Waals surface area contributed by atoms with E-state index in [1.165, 1.54) is 7.11 Å². The molecule has 2 aromatic carbocycles. The Morgan fingerprint density at radius 2 is 1.67 bits per heavy atom. The zero-order chi connectivity index (χ0) is 15.2. The van der Waals surface area contributed by atoms with Crippen molar-refractivity contribution < 1.29 is 19.1 Å². The zero-order valence-corrected chi connectivity index (χ0v) is 12.0. The van der Waals surface area contributed by atoms with Crippen LogP contribution in [0.4, 0.5) is 0 Å². The maximum absolute atomic E-state index is 12.0. The molecule has 0 aliphatic carbocycles. The van der Waals surface area contributed by atoms with Crippen LogP contribution in [0.25, 0.3) is 0 Å². The maximum Gasteiger partial charge on any atom is 0.341 e. The molecule has 0 atom stereocenters. The van der Waals surface area contributed by atoms with Crippen LogP contribution in [0, 0.1) is 6.92 Å². The van der Waals surface area contributed by atoms with Gasteiger partial charge < -0.3 is 9.47 Å². The van der Waals surface area contributed by atoms with Crippen LogP contribution in [-0.4, -0.2) is 19.0 Å². The monoisotopic (exact) mass is 284 g/mol. The normalized spacial score (nSPS) is 10.0. The standard InChI is InChI=1S/C17H16O4/c1-12-7-9-13(10-8-12)11-16(18)21-15-6-4-3-5-14(15)17(19)20-2/h3-10H,11H2,1-2H3. The van der Waals surface area contributed by atoms with Crippen molar-refractivity contribution in [2.45, 2.75) is 13.3 Å². The van der Waals surface area contributed by atoms with E-state index in [-0.39, 0.29) is 17.7 Å². The molecule has 0 saturated carbocycles. The first-order valence-corrected chi connectivity index (χ1v) is 6.53. The van der Waals surface area contributed by atoms with Gasteiger partial charge in [-0.05, 0) is 24.6 Å². The quantitative estimate of drug-likeness (QED) is 0.640. The second kappa shape index (κ2) is 6.70. The lowest BCUT2D eigenvalue weighted by molar-refractivity contribution is -0.133. The van der Waals surface area contributed by atoms with E-state index in [9.17, 15) is 9.59 Å². The minimum Gasteiger partial charge on any atom is -0.465 e. The van der Waals surface area contributed by atoms with Gasteiger partial charge in [0.25, 0.3) is 0 Å². The molecule has 0 aliphatic heterocycles. The second-order valence-electron chi connectivity index (χ2n) is 4.62. The fraction of sp³-hybridized carbons (Fsp3) is 0.176. The summed E-state index contributed by atoms with van der Waals surface area (Å²) in [7, 11) is 1.28. The number of hydrogen-bond donors (Lipinski definition) is 0. The van der Waals surface area contributed by atoms with E-state index in [1.54, 1.807) is 24.3 Å². The summed E-state index contributed by atoms with van der Waals surface area (Å²) < 4.78 is 9.92. The largest absolute Gasteiger partial charge is 0.465 e. The average Bonchev–Trinajstić information content (AvgIpc) is 2.49. The van der Waals surface area contributed by atoms with Gasteiger partial charge in [0.1, 0.15) is 11.3 Å². The SMILES string of the molecule is COC(=O)c1ccccc1OC(=O)Cc1ccc(C)cc1. The molecule has 0 aliphatic rings. The van der Waals surface area contributed by atoms with Gasteiger partial charge in [0.2, 0.25) is 0 Å². The number of carbonyl (C=O) groups is 2. The van der Waals surface area contributed by atoms with Crippen LogP contribution in [-0.2, 0) is 16.0 Å². The molecule has 0 saturated heterocycles. The molecule has 4 nitrogen and oxygen atoms in total. The second-order valence-corrected chi connectivity index (χ2v) is 4.62. The third-order valence-corrected chi connectivity index (χ3v) is 2.99. The lowest BCUT2D eigenvalue weighted by Gasteiger charge is -2.08. The molecular weight excluding hydrogens is 268 g/mol. The minimum atomic E-state index is -0.534. The van der Waals surface area contributed by atoms with E-state index >= 15 is 0 Å². The van der Waals surface area contributed by atoms with Crippen molar-refractivity contribution in [3.8, 4) is 5.75 Å². The number of carbonyl (C=O) groups excluding carboxylic acids is 2. The van der Waals surface area contributed by atoms with Gasteiger partial charge in [-0.2, -0.15) is 0 Å². The summed E-state index contributed by atoms with van der Waals surface area (Å²) >= 11 is 0. The molecule has 0 heterocycles.